The minimum atomic E-state index is -4.99. The quantitative estimate of drug-likeness (QED) is 0.303. The molecule has 0 bridgehead atoms. The molecule has 212 valence electrons. The lowest BCUT2D eigenvalue weighted by atomic mass is 9.85. The molecule has 1 aromatic heterocycles. The second-order valence-electron chi connectivity index (χ2n) is 10.2. The molecular weight excluding hydrogens is 541 g/mol. The van der Waals surface area contributed by atoms with E-state index in [9.17, 15) is 35.5 Å². The molecule has 5 rings (SSSR count). The Morgan fingerprint density at radius 2 is 1.62 bits per heavy atom. The standard InChI is InChI=1S/C29H25F7N2O2/c1-16(18-10-20(28(31,32)33)14-21(11-18)29(34,35)36)40-25-15-38-24(26(25)17-5-7-22(30)8-6-17)13-19(27(38)39)12-23-4-2-3-9-37-23/h2-11,14,16,19,24-26H,12-13,15H2,1H3/t16-,19?,24+,25+,26?/m1/s1. The zero-order valence-electron chi connectivity index (χ0n) is 21.2. The topological polar surface area (TPSA) is 42.4 Å². The van der Waals surface area contributed by atoms with Crippen LogP contribution in [0.4, 0.5) is 30.7 Å². The Bertz CT molecular complexity index is 1330. The molecule has 2 aromatic carbocycles. The lowest BCUT2D eigenvalue weighted by Crippen LogP contribution is -2.31. The summed E-state index contributed by atoms with van der Waals surface area (Å²) in [4.78, 5) is 19.3. The van der Waals surface area contributed by atoms with E-state index in [0.29, 0.717) is 30.5 Å². The van der Waals surface area contributed by atoms with Gasteiger partial charge in [-0.3, -0.25) is 9.78 Å². The van der Waals surface area contributed by atoms with Crippen LogP contribution >= 0.6 is 0 Å². The predicted octanol–water partition coefficient (Wildman–Crippen LogP) is 6.96. The van der Waals surface area contributed by atoms with Crippen LogP contribution in [0.25, 0.3) is 0 Å². The van der Waals surface area contributed by atoms with Gasteiger partial charge in [-0.25, -0.2) is 4.39 Å². The number of amides is 1. The van der Waals surface area contributed by atoms with Crippen molar-refractivity contribution in [3.05, 3.63) is 101 Å². The minimum Gasteiger partial charge on any atom is -0.368 e. The van der Waals surface area contributed by atoms with Gasteiger partial charge in [0.05, 0.1) is 23.3 Å². The van der Waals surface area contributed by atoms with Gasteiger partial charge in [0.15, 0.2) is 0 Å². The molecule has 5 atom stereocenters. The monoisotopic (exact) mass is 566 g/mol. The molecule has 2 saturated heterocycles. The van der Waals surface area contributed by atoms with Crippen LogP contribution in [0.15, 0.2) is 66.9 Å². The van der Waals surface area contributed by atoms with Gasteiger partial charge in [0, 0.05) is 42.7 Å². The number of rotatable bonds is 6. The highest BCUT2D eigenvalue weighted by Gasteiger charge is 2.52. The van der Waals surface area contributed by atoms with Crippen molar-refractivity contribution in [2.75, 3.05) is 6.54 Å². The molecule has 0 N–H and O–H groups in total. The van der Waals surface area contributed by atoms with E-state index in [1.807, 2.05) is 12.1 Å². The number of fused-ring (bicyclic) bond motifs is 1. The molecule has 2 unspecified atom stereocenters. The fourth-order valence-electron chi connectivity index (χ4n) is 5.78. The van der Waals surface area contributed by atoms with E-state index in [-0.39, 0.29) is 36.0 Å². The van der Waals surface area contributed by atoms with Crippen molar-refractivity contribution < 1.29 is 40.3 Å². The maximum Gasteiger partial charge on any atom is 0.416 e. The maximum atomic E-state index is 13.7. The van der Waals surface area contributed by atoms with Gasteiger partial charge in [0.2, 0.25) is 5.91 Å². The van der Waals surface area contributed by atoms with Crippen molar-refractivity contribution in [3.63, 3.8) is 0 Å². The minimum absolute atomic E-state index is 0.0730. The number of pyridine rings is 1. The molecule has 0 spiro atoms. The third kappa shape index (κ3) is 5.70. The predicted molar refractivity (Wildman–Crippen MR) is 130 cm³/mol. The van der Waals surface area contributed by atoms with Crippen molar-refractivity contribution in [3.8, 4) is 0 Å². The van der Waals surface area contributed by atoms with Gasteiger partial charge in [0.25, 0.3) is 0 Å². The number of hydrogen-bond acceptors (Lipinski definition) is 3. The molecule has 2 fully saturated rings. The normalized spacial score (nSPS) is 23.9. The number of hydrogen-bond donors (Lipinski definition) is 0. The summed E-state index contributed by atoms with van der Waals surface area (Å²) in [6, 6.07) is 12.1. The van der Waals surface area contributed by atoms with Gasteiger partial charge in [-0.05, 0) is 66.9 Å². The molecular formula is C29H25F7N2O2. The van der Waals surface area contributed by atoms with Crippen LogP contribution in [-0.4, -0.2) is 34.5 Å². The van der Waals surface area contributed by atoms with Gasteiger partial charge < -0.3 is 9.64 Å². The van der Waals surface area contributed by atoms with Crippen molar-refractivity contribution in [2.24, 2.45) is 5.92 Å². The molecule has 2 aliphatic rings. The van der Waals surface area contributed by atoms with E-state index in [1.165, 1.54) is 19.1 Å². The van der Waals surface area contributed by atoms with E-state index in [0.717, 1.165) is 5.69 Å². The summed E-state index contributed by atoms with van der Waals surface area (Å²) in [7, 11) is 0. The average Bonchev–Trinajstić information content (AvgIpc) is 3.39. The Morgan fingerprint density at radius 3 is 2.20 bits per heavy atom. The summed E-state index contributed by atoms with van der Waals surface area (Å²) in [5.74, 6) is -1.41. The number of carbonyl (C=O) groups excluding carboxylic acids is 1. The molecule has 0 saturated carbocycles. The molecule has 0 aliphatic carbocycles. The van der Waals surface area contributed by atoms with Gasteiger partial charge >= 0.3 is 12.4 Å². The first kappa shape index (κ1) is 28.1. The SMILES string of the molecule is C[C@@H](O[C@H]1CN2C(=O)C(Cc3ccccn3)C[C@H]2C1c1ccc(F)cc1)c1cc(C(F)(F)F)cc(C(F)(F)F)c1. The number of halogens is 7. The summed E-state index contributed by atoms with van der Waals surface area (Å²) in [6.45, 7) is 1.48. The summed E-state index contributed by atoms with van der Waals surface area (Å²) in [5, 5.41) is 0. The number of alkyl halides is 6. The van der Waals surface area contributed by atoms with E-state index >= 15 is 0 Å². The first-order valence-corrected chi connectivity index (χ1v) is 12.7. The molecule has 11 heteroatoms. The first-order valence-electron chi connectivity index (χ1n) is 12.7. The van der Waals surface area contributed by atoms with E-state index < -0.39 is 47.4 Å². The molecule has 3 aromatic rings. The lowest BCUT2D eigenvalue weighted by molar-refractivity contribution is -0.143. The van der Waals surface area contributed by atoms with Crippen LogP contribution in [-0.2, 0) is 28.3 Å². The first-order chi connectivity index (χ1) is 18.8. The number of ether oxygens (including phenoxy) is 1. The van der Waals surface area contributed by atoms with Crippen LogP contribution in [0.3, 0.4) is 0 Å². The zero-order chi connectivity index (χ0) is 28.8. The Hall–Kier alpha value is -3.47. The van der Waals surface area contributed by atoms with Crippen LogP contribution < -0.4 is 0 Å². The molecule has 1 amide bonds. The second-order valence-corrected chi connectivity index (χ2v) is 10.2. The van der Waals surface area contributed by atoms with Crippen LogP contribution in [0.5, 0.6) is 0 Å². The van der Waals surface area contributed by atoms with Gasteiger partial charge in [0.1, 0.15) is 5.82 Å². The second kappa shape index (κ2) is 10.5. The Labute approximate surface area is 225 Å². The highest BCUT2D eigenvalue weighted by Crippen LogP contribution is 2.46. The van der Waals surface area contributed by atoms with Crippen molar-refractivity contribution in [1.82, 2.24) is 9.88 Å². The van der Waals surface area contributed by atoms with Crippen molar-refractivity contribution >= 4 is 5.91 Å². The number of benzene rings is 2. The number of aromatic nitrogens is 1. The molecule has 40 heavy (non-hydrogen) atoms. The van der Waals surface area contributed by atoms with Gasteiger partial charge in [-0.15, -0.1) is 0 Å². The lowest BCUT2D eigenvalue weighted by Gasteiger charge is -2.27. The number of nitrogens with zero attached hydrogens (tertiary/aromatic N) is 2. The molecule has 3 heterocycles. The Balaban J connectivity index is 1.43. The summed E-state index contributed by atoms with van der Waals surface area (Å²) >= 11 is 0. The van der Waals surface area contributed by atoms with Gasteiger partial charge in [-0.1, -0.05) is 18.2 Å². The summed E-state index contributed by atoms with van der Waals surface area (Å²) in [5.41, 5.74) is -1.72. The van der Waals surface area contributed by atoms with E-state index in [2.05, 4.69) is 4.98 Å². The van der Waals surface area contributed by atoms with Crippen LogP contribution in [0.1, 0.15) is 53.3 Å². The third-order valence-corrected chi connectivity index (χ3v) is 7.65. The van der Waals surface area contributed by atoms with E-state index in [1.54, 1.807) is 29.3 Å². The maximum absolute atomic E-state index is 13.7. The van der Waals surface area contributed by atoms with Crippen LogP contribution in [0, 0.1) is 11.7 Å². The molecule has 4 nitrogen and oxygen atoms in total. The van der Waals surface area contributed by atoms with E-state index in [4.69, 9.17) is 4.74 Å². The van der Waals surface area contributed by atoms with Crippen LogP contribution in [0.2, 0.25) is 0 Å². The van der Waals surface area contributed by atoms with Gasteiger partial charge in [-0.2, -0.15) is 26.3 Å². The van der Waals surface area contributed by atoms with Crippen molar-refractivity contribution in [2.45, 2.75) is 56.3 Å². The third-order valence-electron chi connectivity index (χ3n) is 7.65. The summed E-state index contributed by atoms with van der Waals surface area (Å²) < 4.78 is 100. The molecule has 0 radical (unpaired) electrons. The number of carbonyl (C=O) groups is 1. The summed E-state index contributed by atoms with van der Waals surface area (Å²) in [6.07, 6.45) is -9.36. The zero-order valence-corrected chi connectivity index (χ0v) is 21.2. The Kier molecular flexibility index (Phi) is 7.37. The highest BCUT2D eigenvalue weighted by molar-refractivity contribution is 5.82. The molecule has 2 aliphatic heterocycles. The van der Waals surface area contributed by atoms with Crippen molar-refractivity contribution in [1.29, 1.82) is 0 Å². The Morgan fingerprint density at radius 1 is 0.975 bits per heavy atom. The smallest absolute Gasteiger partial charge is 0.368 e. The fraction of sp³-hybridized carbons (Fsp3) is 0.379. The highest BCUT2D eigenvalue weighted by atomic mass is 19.4. The largest absolute Gasteiger partial charge is 0.416 e. The average molecular weight is 567 g/mol. The fourth-order valence-corrected chi connectivity index (χ4v) is 5.78.